The van der Waals surface area contributed by atoms with Crippen molar-refractivity contribution in [2.75, 3.05) is 13.1 Å². The van der Waals surface area contributed by atoms with Crippen LogP contribution in [0.15, 0.2) is 50.4 Å². The molecule has 1 aliphatic rings. The van der Waals surface area contributed by atoms with E-state index in [1.807, 2.05) is 16.8 Å². The first-order chi connectivity index (χ1) is 12.5. The Hall–Kier alpha value is -1.74. The summed E-state index contributed by atoms with van der Waals surface area (Å²) in [5.74, 6) is 0.854. The van der Waals surface area contributed by atoms with Crippen LogP contribution in [0.25, 0.3) is 11.5 Å². The highest BCUT2D eigenvalue weighted by Gasteiger charge is 2.33. The highest BCUT2D eigenvalue weighted by atomic mass is 35.5. The third-order valence-corrected chi connectivity index (χ3v) is 7.21. The van der Waals surface area contributed by atoms with Gasteiger partial charge in [0.25, 0.3) is 0 Å². The van der Waals surface area contributed by atoms with Crippen LogP contribution in [0.2, 0.25) is 5.02 Å². The summed E-state index contributed by atoms with van der Waals surface area (Å²) in [7, 11) is -3.57. The van der Waals surface area contributed by atoms with E-state index < -0.39 is 10.0 Å². The van der Waals surface area contributed by atoms with E-state index in [4.69, 9.17) is 16.0 Å². The summed E-state index contributed by atoms with van der Waals surface area (Å²) in [5, 5.41) is 12.6. The van der Waals surface area contributed by atoms with E-state index in [1.165, 1.54) is 16.4 Å². The van der Waals surface area contributed by atoms with Crippen LogP contribution in [0.4, 0.5) is 0 Å². The molecule has 3 aromatic rings. The van der Waals surface area contributed by atoms with Gasteiger partial charge in [-0.25, -0.2) is 8.42 Å². The van der Waals surface area contributed by atoms with Gasteiger partial charge in [-0.05, 0) is 48.6 Å². The van der Waals surface area contributed by atoms with Crippen LogP contribution < -0.4 is 0 Å². The quantitative estimate of drug-likeness (QED) is 0.650. The summed E-state index contributed by atoms with van der Waals surface area (Å²) >= 11 is 7.42. The second kappa shape index (κ2) is 7.11. The molecule has 2 aromatic heterocycles. The Morgan fingerprint density at radius 3 is 2.73 bits per heavy atom. The number of nitrogens with zero attached hydrogens (tertiary/aromatic N) is 3. The highest BCUT2D eigenvalue weighted by Crippen LogP contribution is 2.31. The van der Waals surface area contributed by atoms with Crippen molar-refractivity contribution in [3.05, 3.63) is 52.0 Å². The number of halogens is 1. The van der Waals surface area contributed by atoms with Gasteiger partial charge in [0.1, 0.15) is 0 Å². The van der Waals surface area contributed by atoms with Gasteiger partial charge in [0.2, 0.25) is 21.8 Å². The Morgan fingerprint density at radius 2 is 2.00 bits per heavy atom. The smallest absolute Gasteiger partial charge is 0.248 e. The summed E-state index contributed by atoms with van der Waals surface area (Å²) in [5.41, 5.74) is 0.884. The van der Waals surface area contributed by atoms with Crippen molar-refractivity contribution in [3.8, 4) is 11.5 Å². The van der Waals surface area contributed by atoms with Gasteiger partial charge in [0.05, 0.1) is 10.8 Å². The summed E-state index contributed by atoms with van der Waals surface area (Å²) in [6, 6.07) is 8.15. The van der Waals surface area contributed by atoms with Gasteiger partial charge in [0, 0.05) is 29.1 Å². The number of piperidine rings is 1. The zero-order valence-electron chi connectivity index (χ0n) is 13.7. The van der Waals surface area contributed by atoms with E-state index in [0.717, 1.165) is 18.4 Å². The summed E-state index contributed by atoms with van der Waals surface area (Å²) < 4.78 is 33.1. The number of hydrogen-bond donors (Lipinski definition) is 0. The fourth-order valence-electron chi connectivity index (χ4n) is 3.02. The SMILES string of the molecule is O=S(=O)(c1ccc(Cl)cc1)N1CCCC(c2nnc(-c3ccsc3)o2)C1. The Kier molecular flexibility index (Phi) is 4.83. The minimum Gasteiger partial charge on any atom is -0.420 e. The average Bonchev–Trinajstić information content (AvgIpc) is 3.34. The maximum atomic E-state index is 12.9. The van der Waals surface area contributed by atoms with Crippen LogP contribution in [0, 0.1) is 0 Å². The maximum Gasteiger partial charge on any atom is 0.248 e. The first-order valence-corrected chi connectivity index (χ1v) is 10.9. The summed E-state index contributed by atoms with van der Waals surface area (Å²) in [4.78, 5) is 0.243. The van der Waals surface area contributed by atoms with Gasteiger partial charge >= 0.3 is 0 Å². The molecule has 3 heterocycles. The summed E-state index contributed by atoms with van der Waals surface area (Å²) in [6.07, 6.45) is 1.56. The van der Waals surface area contributed by atoms with Crippen LogP contribution in [-0.4, -0.2) is 36.0 Å². The molecule has 1 aliphatic heterocycles. The minimum absolute atomic E-state index is 0.106. The Balaban J connectivity index is 1.55. The number of rotatable bonds is 4. The number of hydrogen-bond acceptors (Lipinski definition) is 6. The molecule has 1 aromatic carbocycles. The zero-order chi connectivity index (χ0) is 18.1. The molecule has 136 valence electrons. The topological polar surface area (TPSA) is 76.3 Å². The van der Waals surface area contributed by atoms with Gasteiger partial charge in [-0.2, -0.15) is 15.6 Å². The molecule has 0 aliphatic carbocycles. The van der Waals surface area contributed by atoms with Gasteiger partial charge in [-0.15, -0.1) is 10.2 Å². The molecule has 1 fully saturated rings. The lowest BCUT2D eigenvalue weighted by atomic mass is 10.00. The monoisotopic (exact) mass is 409 g/mol. The molecule has 1 saturated heterocycles. The molecule has 0 radical (unpaired) electrons. The second-order valence-electron chi connectivity index (χ2n) is 6.11. The molecule has 1 atom stereocenters. The van der Waals surface area contributed by atoms with Gasteiger partial charge in [-0.3, -0.25) is 0 Å². The molecule has 0 spiro atoms. The average molecular weight is 410 g/mol. The normalized spacial score (nSPS) is 18.9. The van der Waals surface area contributed by atoms with Crippen LogP contribution in [0.1, 0.15) is 24.7 Å². The minimum atomic E-state index is -3.57. The lowest BCUT2D eigenvalue weighted by Gasteiger charge is -2.30. The molecule has 6 nitrogen and oxygen atoms in total. The molecule has 0 N–H and O–H groups in total. The number of sulfonamides is 1. The molecular formula is C17H16ClN3O3S2. The largest absolute Gasteiger partial charge is 0.420 e. The van der Waals surface area contributed by atoms with Gasteiger partial charge < -0.3 is 4.42 Å². The van der Waals surface area contributed by atoms with E-state index in [-0.39, 0.29) is 10.8 Å². The first-order valence-electron chi connectivity index (χ1n) is 8.16. The second-order valence-corrected chi connectivity index (χ2v) is 9.27. The standard InChI is InChI=1S/C17H16ClN3O3S2/c18-14-3-5-15(6-4-14)26(22,23)21-8-1-2-12(10-21)16-19-20-17(24-16)13-7-9-25-11-13/h3-7,9,11-12H,1-2,8,10H2. The molecule has 0 amide bonds. The lowest BCUT2D eigenvalue weighted by Crippen LogP contribution is -2.39. The van der Waals surface area contributed by atoms with E-state index >= 15 is 0 Å². The van der Waals surface area contributed by atoms with Crippen molar-refractivity contribution in [1.29, 1.82) is 0 Å². The van der Waals surface area contributed by atoms with Crippen molar-refractivity contribution in [3.63, 3.8) is 0 Å². The van der Waals surface area contributed by atoms with E-state index in [0.29, 0.717) is 29.9 Å². The molecule has 1 unspecified atom stereocenters. The zero-order valence-corrected chi connectivity index (χ0v) is 16.1. The number of aromatic nitrogens is 2. The molecule has 0 bridgehead atoms. The Labute approximate surface area is 160 Å². The highest BCUT2D eigenvalue weighted by molar-refractivity contribution is 7.89. The van der Waals surface area contributed by atoms with Crippen LogP contribution in [-0.2, 0) is 10.0 Å². The van der Waals surface area contributed by atoms with Crippen molar-refractivity contribution in [2.24, 2.45) is 0 Å². The Morgan fingerprint density at radius 1 is 1.19 bits per heavy atom. The summed E-state index contributed by atoms with van der Waals surface area (Å²) in [6.45, 7) is 0.809. The van der Waals surface area contributed by atoms with E-state index in [2.05, 4.69) is 10.2 Å². The van der Waals surface area contributed by atoms with E-state index in [1.54, 1.807) is 23.5 Å². The van der Waals surface area contributed by atoms with Crippen LogP contribution in [0.3, 0.4) is 0 Å². The predicted octanol–water partition coefficient (Wildman–Crippen LogP) is 4.02. The fraction of sp³-hybridized carbons (Fsp3) is 0.294. The maximum absolute atomic E-state index is 12.9. The molecule has 9 heteroatoms. The van der Waals surface area contributed by atoms with Crippen molar-refractivity contribution < 1.29 is 12.8 Å². The van der Waals surface area contributed by atoms with Gasteiger partial charge in [-0.1, -0.05) is 11.6 Å². The first kappa shape index (κ1) is 17.7. The molecular weight excluding hydrogens is 394 g/mol. The van der Waals surface area contributed by atoms with E-state index in [9.17, 15) is 8.42 Å². The van der Waals surface area contributed by atoms with Crippen molar-refractivity contribution >= 4 is 33.0 Å². The van der Waals surface area contributed by atoms with Crippen LogP contribution >= 0.6 is 22.9 Å². The molecule has 0 saturated carbocycles. The fourth-order valence-corrected chi connectivity index (χ4v) is 5.30. The third-order valence-electron chi connectivity index (χ3n) is 4.39. The van der Waals surface area contributed by atoms with Gasteiger partial charge in [0.15, 0.2) is 0 Å². The predicted molar refractivity (Wildman–Crippen MR) is 99.8 cm³/mol. The van der Waals surface area contributed by atoms with Crippen molar-refractivity contribution in [2.45, 2.75) is 23.7 Å². The molecule has 4 rings (SSSR count). The number of benzene rings is 1. The Bertz CT molecular complexity index is 985. The third kappa shape index (κ3) is 3.42. The molecule has 26 heavy (non-hydrogen) atoms. The lowest BCUT2D eigenvalue weighted by molar-refractivity contribution is 0.286. The number of thiophene rings is 1. The van der Waals surface area contributed by atoms with Crippen LogP contribution in [0.5, 0.6) is 0 Å². The van der Waals surface area contributed by atoms with Crippen molar-refractivity contribution in [1.82, 2.24) is 14.5 Å².